The van der Waals surface area contributed by atoms with Gasteiger partial charge in [-0.2, -0.15) is 0 Å². The lowest BCUT2D eigenvalue weighted by Gasteiger charge is -2.26. The van der Waals surface area contributed by atoms with Crippen LogP contribution in [0.2, 0.25) is 0 Å². The zero-order chi connectivity index (χ0) is 15.6. The van der Waals surface area contributed by atoms with E-state index in [2.05, 4.69) is 20.9 Å². The van der Waals surface area contributed by atoms with E-state index in [0.29, 0.717) is 6.54 Å². The van der Waals surface area contributed by atoms with E-state index in [1.165, 1.54) is 0 Å². The third-order valence-electron chi connectivity index (χ3n) is 3.53. The molecule has 0 atom stereocenters. The Bertz CT molecular complexity index is 481. The maximum atomic E-state index is 11.7. The van der Waals surface area contributed by atoms with E-state index in [1.54, 1.807) is 13.3 Å². The summed E-state index contributed by atoms with van der Waals surface area (Å²) in [4.78, 5) is 14.0. The molecule has 1 aliphatic heterocycles. The lowest BCUT2D eigenvalue weighted by Crippen LogP contribution is -2.46. The van der Waals surface area contributed by atoms with Crippen LogP contribution in [0, 0.1) is 0 Å². The predicted molar refractivity (Wildman–Crippen MR) is 87.9 cm³/mol. The standard InChI is InChI=1S/C16H24N4O2/c1-22-15-4-2-14(3-5-15)6-7-18-16(21)19-10-13-20-11-8-17-9-12-20/h2-7,17H,8-13H2,1H3,(H2,18,19,21)/b7-6+. The van der Waals surface area contributed by atoms with E-state index in [9.17, 15) is 4.79 Å². The molecule has 0 unspecified atom stereocenters. The number of ether oxygens (including phenoxy) is 1. The van der Waals surface area contributed by atoms with E-state index in [-0.39, 0.29) is 6.03 Å². The summed E-state index contributed by atoms with van der Waals surface area (Å²) in [6.07, 6.45) is 3.48. The Morgan fingerprint density at radius 1 is 1.32 bits per heavy atom. The van der Waals surface area contributed by atoms with Gasteiger partial charge in [0, 0.05) is 45.5 Å². The number of methoxy groups -OCH3 is 1. The quantitative estimate of drug-likeness (QED) is 0.730. The highest BCUT2D eigenvalue weighted by Gasteiger charge is 2.08. The zero-order valence-electron chi connectivity index (χ0n) is 13.0. The second kappa shape index (κ2) is 9.07. The van der Waals surface area contributed by atoms with Gasteiger partial charge in [0.1, 0.15) is 5.75 Å². The molecular weight excluding hydrogens is 280 g/mol. The number of benzene rings is 1. The van der Waals surface area contributed by atoms with Gasteiger partial charge in [0.2, 0.25) is 0 Å². The van der Waals surface area contributed by atoms with E-state index < -0.39 is 0 Å². The molecule has 1 aromatic rings. The van der Waals surface area contributed by atoms with Crippen LogP contribution in [0.1, 0.15) is 5.56 Å². The lowest BCUT2D eigenvalue weighted by molar-refractivity contribution is 0.229. The number of hydrogen-bond donors (Lipinski definition) is 3. The van der Waals surface area contributed by atoms with Gasteiger partial charge in [0.25, 0.3) is 0 Å². The largest absolute Gasteiger partial charge is 0.497 e. The molecule has 22 heavy (non-hydrogen) atoms. The van der Waals surface area contributed by atoms with Crippen molar-refractivity contribution in [1.29, 1.82) is 0 Å². The van der Waals surface area contributed by atoms with Crippen molar-refractivity contribution in [3.05, 3.63) is 36.0 Å². The minimum Gasteiger partial charge on any atom is -0.497 e. The lowest BCUT2D eigenvalue weighted by atomic mass is 10.2. The minimum absolute atomic E-state index is 0.181. The third kappa shape index (κ3) is 5.75. The monoisotopic (exact) mass is 304 g/mol. The second-order valence-electron chi connectivity index (χ2n) is 5.10. The van der Waals surface area contributed by atoms with Crippen molar-refractivity contribution >= 4 is 12.1 Å². The Balaban J connectivity index is 1.62. The first-order valence-corrected chi connectivity index (χ1v) is 7.56. The summed E-state index contributed by atoms with van der Waals surface area (Å²) in [5.41, 5.74) is 1.00. The van der Waals surface area contributed by atoms with E-state index in [4.69, 9.17) is 4.74 Å². The normalized spacial score (nSPS) is 15.7. The number of nitrogens with zero attached hydrogens (tertiary/aromatic N) is 1. The number of amides is 2. The Morgan fingerprint density at radius 2 is 2.05 bits per heavy atom. The SMILES string of the molecule is COc1ccc(/C=C/NC(=O)NCCN2CCNCC2)cc1. The minimum atomic E-state index is -0.181. The number of urea groups is 1. The molecule has 2 rings (SSSR count). The Kier molecular flexibility index (Phi) is 6.73. The molecule has 0 aliphatic carbocycles. The molecule has 6 heteroatoms. The van der Waals surface area contributed by atoms with Crippen molar-refractivity contribution in [3.63, 3.8) is 0 Å². The fourth-order valence-corrected chi connectivity index (χ4v) is 2.24. The number of nitrogens with one attached hydrogen (secondary N) is 3. The molecule has 6 nitrogen and oxygen atoms in total. The number of rotatable bonds is 6. The summed E-state index contributed by atoms with van der Waals surface area (Å²) >= 11 is 0. The van der Waals surface area contributed by atoms with Gasteiger partial charge in [0.15, 0.2) is 0 Å². The molecule has 1 fully saturated rings. The van der Waals surface area contributed by atoms with Crippen LogP contribution in [0.15, 0.2) is 30.5 Å². The van der Waals surface area contributed by atoms with Crippen molar-refractivity contribution < 1.29 is 9.53 Å². The van der Waals surface area contributed by atoms with Crippen LogP contribution in [-0.4, -0.2) is 57.3 Å². The number of carbonyl (C=O) groups is 1. The molecular formula is C16H24N4O2. The molecule has 0 saturated carbocycles. The molecule has 0 radical (unpaired) electrons. The van der Waals surface area contributed by atoms with Gasteiger partial charge in [-0.1, -0.05) is 12.1 Å². The highest BCUT2D eigenvalue weighted by atomic mass is 16.5. The van der Waals surface area contributed by atoms with Gasteiger partial charge >= 0.3 is 6.03 Å². The van der Waals surface area contributed by atoms with Crippen LogP contribution in [0.4, 0.5) is 4.79 Å². The van der Waals surface area contributed by atoms with E-state index in [0.717, 1.165) is 44.0 Å². The summed E-state index contributed by atoms with van der Waals surface area (Å²) < 4.78 is 5.09. The molecule has 0 bridgehead atoms. The highest BCUT2D eigenvalue weighted by Crippen LogP contribution is 2.11. The number of carbonyl (C=O) groups excluding carboxylic acids is 1. The van der Waals surface area contributed by atoms with E-state index in [1.807, 2.05) is 30.3 Å². The molecule has 1 saturated heterocycles. The molecule has 0 spiro atoms. The molecule has 0 aromatic heterocycles. The molecule has 1 aromatic carbocycles. The third-order valence-corrected chi connectivity index (χ3v) is 3.53. The maximum absolute atomic E-state index is 11.7. The Morgan fingerprint density at radius 3 is 2.73 bits per heavy atom. The fraction of sp³-hybridized carbons (Fsp3) is 0.438. The summed E-state index contributed by atoms with van der Waals surface area (Å²) in [6.45, 7) is 5.68. The highest BCUT2D eigenvalue weighted by molar-refractivity contribution is 5.75. The summed E-state index contributed by atoms with van der Waals surface area (Å²) in [6, 6.07) is 7.44. The van der Waals surface area contributed by atoms with Crippen LogP contribution in [0.3, 0.4) is 0 Å². The van der Waals surface area contributed by atoms with Crippen LogP contribution in [0.5, 0.6) is 5.75 Å². The first-order valence-electron chi connectivity index (χ1n) is 7.56. The van der Waals surface area contributed by atoms with Gasteiger partial charge < -0.3 is 20.7 Å². The number of hydrogen-bond acceptors (Lipinski definition) is 4. The smallest absolute Gasteiger partial charge is 0.318 e. The van der Waals surface area contributed by atoms with Crippen LogP contribution >= 0.6 is 0 Å². The average Bonchev–Trinajstić information content (AvgIpc) is 2.56. The van der Waals surface area contributed by atoms with Gasteiger partial charge in [-0.05, 0) is 23.8 Å². The topological polar surface area (TPSA) is 65.6 Å². The van der Waals surface area contributed by atoms with Crippen molar-refractivity contribution in [2.24, 2.45) is 0 Å². The van der Waals surface area contributed by atoms with Crippen LogP contribution < -0.4 is 20.7 Å². The van der Waals surface area contributed by atoms with Crippen molar-refractivity contribution in [3.8, 4) is 5.75 Å². The summed E-state index contributed by atoms with van der Waals surface area (Å²) in [7, 11) is 1.64. The van der Waals surface area contributed by atoms with Crippen molar-refractivity contribution in [2.75, 3.05) is 46.4 Å². The molecule has 120 valence electrons. The Labute approximate surface area is 131 Å². The van der Waals surface area contributed by atoms with Crippen LogP contribution in [0.25, 0.3) is 6.08 Å². The first kappa shape index (κ1) is 16.3. The number of piperazine rings is 1. The molecule has 3 N–H and O–H groups in total. The Hall–Kier alpha value is -2.05. The summed E-state index contributed by atoms with van der Waals surface area (Å²) in [5.74, 6) is 0.816. The predicted octanol–water partition coefficient (Wildman–Crippen LogP) is 0.870. The first-order chi connectivity index (χ1) is 10.8. The fourth-order valence-electron chi connectivity index (χ4n) is 2.24. The van der Waals surface area contributed by atoms with Crippen molar-refractivity contribution in [2.45, 2.75) is 0 Å². The average molecular weight is 304 g/mol. The van der Waals surface area contributed by atoms with Gasteiger partial charge in [-0.3, -0.25) is 4.90 Å². The van der Waals surface area contributed by atoms with E-state index >= 15 is 0 Å². The molecule has 1 heterocycles. The van der Waals surface area contributed by atoms with Gasteiger partial charge in [-0.25, -0.2) is 4.79 Å². The van der Waals surface area contributed by atoms with Crippen molar-refractivity contribution in [1.82, 2.24) is 20.9 Å². The van der Waals surface area contributed by atoms with Crippen LogP contribution in [-0.2, 0) is 0 Å². The second-order valence-corrected chi connectivity index (χ2v) is 5.10. The van der Waals surface area contributed by atoms with Gasteiger partial charge in [0.05, 0.1) is 7.11 Å². The zero-order valence-corrected chi connectivity index (χ0v) is 13.0. The van der Waals surface area contributed by atoms with Gasteiger partial charge in [-0.15, -0.1) is 0 Å². The summed E-state index contributed by atoms with van der Waals surface area (Å²) in [5, 5.41) is 8.86. The molecule has 2 amide bonds. The maximum Gasteiger partial charge on any atom is 0.318 e. The molecule has 1 aliphatic rings.